The molecule has 0 heterocycles. The number of carbonyl (C=O) groups excluding carboxylic acids is 1. The molecule has 0 spiro atoms. The molecule has 4 nitrogen and oxygen atoms in total. The van der Waals surface area contributed by atoms with Gasteiger partial charge in [0.05, 0.1) is 6.61 Å². The third-order valence-electron chi connectivity index (χ3n) is 3.82. The van der Waals surface area contributed by atoms with Gasteiger partial charge in [-0.2, -0.15) is 0 Å². The van der Waals surface area contributed by atoms with E-state index in [4.69, 9.17) is 10.5 Å². The van der Waals surface area contributed by atoms with E-state index in [9.17, 15) is 4.79 Å². The zero-order chi connectivity index (χ0) is 14.4. The smallest absolute Gasteiger partial charge is 0.239 e. The minimum Gasteiger partial charge on any atom is -0.494 e. The van der Waals surface area contributed by atoms with E-state index in [1.54, 1.807) is 0 Å². The molecule has 20 heavy (non-hydrogen) atoms. The zero-order valence-corrected chi connectivity index (χ0v) is 12.1. The van der Waals surface area contributed by atoms with E-state index in [0.29, 0.717) is 12.6 Å². The van der Waals surface area contributed by atoms with Crippen LogP contribution >= 0.6 is 0 Å². The predicted octanol–water partition coefficient (Wildman–Crippen LogP) is 2.53. The van der Waals surface area contributed by atoms with Crippen LogP contribution in [0.4, 0.5) is 0 Å². The Labute approximate surface area is 120 Å². The minimum atomic E-state index is -0.409. The van der Waals surface area contributed by atoms with Crippen molar-refractivity contribution in [2.75, 3.05) is 6.61 Å². The summed E-state index contributed by atoms with van der Waals surface area (Å²) in [6.45, 7) is 2.59. The van der Waals surface area contributed by atoms with Crippen molar-refractivity contribution in [3.8, 4) is 5.75 Å². The summed E-state index contributed by atoms with van der Waals surface area (Å²) in [7, 11) is 0. The van der Waals surface area contributed by atoms with Crippen molar-refractivity contribution in [3.63, 3.8) is 0 Å². The van der Waals surface area contributed by atoms with Crippen LogP contribution in [0, 0.1) is 0 Å². The number of primary amides is 1. The molecule has 1 amide bonds. The normalized spacial score (nSPS) is 17.6. The first kappa shape index (κ1) is 14.9. The fraction of sp³-hybridized carbons (Fsp3) is 0.562. The van der Waals surface area contributed by atoms with Crippen molar-refractivity contribution in [3.05, 3.63) is 29.8 Å². The Morgan fingerprint density at radius 3 is 2.50 bits per heavy atom. The Morgan fingerprint density at radius 1 is 1.30 bits per heavy atom. The van der Waals surface area contributed by atoms with E-state index in [1.165, 1.54) is 19.3 Å². The third-order valence-corrected chi connectivity index (χ3v) is 3.82. The minimum absolute atomic E-state index is 0.320. The van der Waals surface area contributed by atoms with Crippen molar-refractivity contribution in [2.24, 2.45) is 5.73 Å². The maximum Gasteiger partial charge on any atom is 0.239 e. The SMILES string of the molecule is CCOc1ccc(C(NC2CCCCC2)C(N)=O)cc1. The van der Waals surface area contributed by atoms with Crippen LogP contribution in [-0.2, 0) is 4.79 Å². The van der Waals surface area contributed by atoms with Gasteiger partial charge in [-0.1, -0.05) is 31.4 Å². The monoisotopic (exact) mass is 276 g/mol. The van der Waals surface area contributed by atoms with Gasteiger partial charge in [0.15, 0.2) is 0 Å². The number of hydrogen-bond acceptors (Lipinski definition) is 3. The lowest BCUT2D eigenvalue weighted by molar-refractivity contribution is -0.120. The molecule has 0 aliphatic heterocycles. The summed E-state index contributed by atoms with van der Waals surface area (Å²) in [6, 6.07) is 7.59. The number of rotatable bonds is 6. The highest BCUT2D eigenvalue weighted by Gasteiger charge is 2.23. The van der Waals surface area contributed by atoms with E-state index in [-0.39, 0.29) is 5.91 Å². The van der Waals surface area contributed by atoms with E-state index >= 15 is 0 Å². The summed E-state index contributed by atoms with van der Waals surface area (Å²) in [5.74, 6) is 0.497. The number of ether oxygens (including phenoxy) is 1. The van der Waals surface area contributed by atoms with Crippen LogP contribution in [0.25, 0.3) is 0 Å². The van der Waals surface area contributed by atoms with Gasteiger partial charge in [0.25, 0.3) is 0 Å². The lowest BCUT2D eigenvalue weighted by Gasteiger charge is -2.27. The first-order valence-corrected chi connectivity index (χ1v) is 7.49. The molecule has 1 unspecified atom stereocenters. The molecular formula is C16H24N2O2. The van der Waals surface area contributed by atoms with Gasteiger partial charge in [-0.05, 0) is 37.5 Å². The molecule has 1 atom stereocenters. The van der Waals surface area contributed by atoms with Crippen molar-refractivity contribution >= 4 is 5.91 Å². The Balaban J connectivity index is 2.05. The average Bonchev–Trinajstić information content (AvgIpc) is 2.47. The molecule has 3 N–H and O–H groups in total. The van der Waals surface area contributed by atoms with Crippen LogP contribution in [-0.4, -0.2) is 18.6 Å². The van der Waals surface area contributed by atoms with E-state index in [0.717, 1.165) is 24.2 Å². The molecule has 1 aromatic rings. The Kier molecular flexibility index (Phi) is 5.41. The molecule has 1 aromatic carbocycles. The molecule has 4 heteroatoms. The first-order valence-electron chi connectivity index (χ1n) is 7.49. The van der Waals surface area contributed by atoms with E-state index in [1.807, 2.05) is 31.2 Å². The molecule has 1 saturated carbocycles. The summed E-state index contributed by atoms with van der Waals surface area (Å²) < 4.78 is 5.41. The highest BCUT2D eigenvalue weighted by molar-refractivity contribution is 5.81. The van der Waals surface area contributed by atoms with Gasteiger partial charge in [0.1, 0.15) is 11.8 Å². The number of carbonyl (C=O) groups is 1. The van der Waals surface area contributed by atoms with Crippen LogP contribution in [0.15, 0.2) is 24.3 Å². The molecule has 0 radical (unpaired) electrons. The Hall–Kier alpha value is -1.55. The van der Waals surface area contributed by atoms with Gasteiger partial charge in [0, 0.05) is 6.04 Å². The molecule has 0 aromatic heterocycles. The highest BCUT2D eigenvalue weighted by atomic mass is 16.5. The van der Waals surface area contributed by atoms with Crippen molar-refractivity contribution < 1.29 is 9.53 Å². The van der Waals surface area contributed by atoms with Crippen LogP contribution in [0.5, 0.6) is 5.75 Å². The maximum atomic E-state index is 11.7. The molecule has 110 valence electrons. The molecule has 2 rings (SSSR count). The average molecular weight is 276 g/mol. The van der Waals surface area contributed by atoms with Crippen LogP contribution in [0.3, 0.4) is 0 Å². The lowest BCUT2D eigenvalue weighted by Crippen LogP contribution is -2.40. The van der Waals surface area contributed by atoms with Gasteiger partial charge in [-0.25, -0.2) is 0 Å². The molecule has 1 aliphatic carbocycles. The van der Waals surface area contributed by atoms with Crippen molar-refractivity contribution in [1.29, 1.82) is 0 Å². The largest absolute Gasteiger partial charge is 0.494 e. The van der Waals surface area contributed by atoms with E-state index < -0.39 is 6.04 Å². The fourth-order valence-electron chi connectivity index (χ4n) is 2.77. The Morgan fingerprint density at radius 2 is 1.95 bits per heavy atom. The summed E-state index contributed by atoms with van der Waals surface area (Å²) >= 11 is 0. The second-order valence-electron chi connectivity index (χ2n) is 5.34. The zero-order valence-electron chi connectivity index (χ0n) is 12.1. The van der Waals surface area contributed by atoms with Crippen LogP contribution in [0.1, 0.15) is 50.6 Å². The predicted molar refractivity (Wildman–Crippen MR) is 79.6 cm³/mol. The van der Waals surface area contributed by atoms with Crippen molar-refractivity contribution in [2.45, 2.75) is 51.1 Å². The topological polar surface area (TPSA) is 64.3 Å². The standard InChI is InChI=1S/C16H24N2O2/c1-2-20-14-10-8-12(9-11-14)15(16(17)19)18-13-6-4-3-5-7-13/h8-11,13,15,18H,2-7H2,1H3,(H2,17,19). The van der Waals surface area contributed by atoms with Gasteiger partial charge >= 0.3 is 0 Å². The van der Waals surface area contributed by atoms with Gasteiger partial charge in [-0.3, -0.25) is 10.1 Å². The summed E-state index contributed by atoms with van der Waals surface area (Å²) in [5.41, 5.74) is 6.46. The lowest BCUT2D eigenvalue weighted by atomic mass is 9.94. The Bertz CT molecular complexity index is 425. The van der Waals surface area contributed by atoms with Gasteiger partial charge in [-0.15, -0.1) is 0 Å². The second-order valence-corrected chi connectivity index (χ2v) is 5.34. The number of hydrogen-bond donors (Lipinski definition) is 2. The quantitative estimate of drug-likeness (QED) is 0.839. The summed E-state index contributed by atoms with van der Waals surface area (Å²) in [6.07, 6.45) is 6.00. The van der Waals surface area contributed by atoms with Gasteiger partial charge in [0.2, 0.25) is 5.91 Å². The van der Waals surface area contributed by atoms with Crippen LogP contribution in [0.2, 0.25) is 0 Å². The van der Waals surface area contributed by atoms with Crippen molar-refractivity contribution in [1.82, 2.24) is 5.32 Å². The number of benzene rings is 1. The molecule has 0 saturated heterocycles. The molecule has 0 bridgehead atoms. The maximum absolute atomic E-state index is 11.7. The number of nitrogens with one attached hydrogen (secondary N) is 1. The number of nitrogens with two attached hydrogens (primary N) is 1. The van der Waals surface area contributed by atoms with E-state index in [2.05, 4.69) is 5.32 Å². The fourth-order valence-corrected chi connectivity index (χ4v) is 2.77. The highest BCUT2D eigenvalue weighted by Crippen LogP contribution is 2.23. The summed E-state index contributed by atoms with van der Waals surface area (Å²) in [5, 5.41) is 3.41. The second kappa shape index (κ2) is 7.29. The molecule has 1 aliphatic rings. The third kappa shape index (κ3) is 3.97. The molecule has 1 fully saturated rings. The van der Waals surface area contributed by atoms with Crippen LogP contribution < -0.4 is 15.8 Å². The molecular weight excluding hydrogens is 252 g/mol. The van der Waals surface area contributed by atoms with Gasteiger partial charge < -0.3 is 10.5 Å². The summed E-state index contributed by atoms with van der Waals surface area (Å²) in [4.78, 5) is 11.7. The number of amides is 1. The first-order chi connectivity index (χ1) is 9.70.